The van der Waals surface area contributed by atoms with Gasteiger partial charge in [0.25, 0.3) is 5.22 Å². The van der Waals surface area contributed by atoms with Crippen LogP contribution in [0, 0.1) is 5.92 Å². The van der Waals surface area contributed by atoms with Crippen LogP contribution in [0.15, 0.2) is 40.0 Å². The molecule has 126 valence electrons. The molecule has 3 unspecified atom stereocenters. The predicted octanol–water partition coefficient (Wildman–Crippen LogP) is 2.31. The van der Waals surface area contributed by atoms with E-state index in [-0.39, 0.29) is 17.2 Å². The van der Waals surface area contributed by atoms with Crippen molar-refractivity contribution in [2.45, 2.75) is 36.8 Å². The second-order valence-electron chi connectivity index (χ2n) is 5.69. The number of carbonyl (C=O) groups is 2. The molecule has 1 aromatic carbocycles. The maximum Gasteiger partial charge on any atom is 0.321 e. The normalized spacial score (nSPS) is 21.9. The summed E-state index contributed by atoms with van der Waals surface area (Å²) in [6, 6.07) is 9.30. The van der Waals surface area contributed by atoms with Crippen LogP contribution in [0.2, 0.25) is 0 Å². The fourth-order valence-corrected chi connectivity index (χ4v) is 3.37. The van der Waals surface area contributed by atoms with Gasteiger partial charge in [0, 0.05) is 17.7 Å². The Morgan fingerprint density at radius 1 is 1.25 bits per heavy atom. The second-order valence-corrected chi connectivity index (χ2v) is 6.99. The maximum absolute atomic E-state index is 11.9. The van der Waals surface area contributed by atoms with Gasteiger partial charge in [0.2, 0.25) is 11.8 Å². The summed E-state index contributed by atoms with van der Waals surface area (Å²) in [7, 11) is 0. The molecule has 0 bridgehead atoms. The molecule has 1 aliphatic heterocycles. The number of thioether (sulfide) groups is 1. The Morgan fingerprint density at radius 3 is 2.71 bits per heavy atom. The molecule has 2 heterocycles. The molecule has 3 rings (SSSR count). The first-order valence-electron chi connectivity index (χ1n) is 7.68. The van der Waals surface area contributed by atoms with E-state index in [2.05, 4.69) is 27.8 Å². The van der Waals surface area contributed by atoms with E-state index in [1.165, 1.54) is 17.3 Å². The van der Waals surface area contributed by atoms with Crippen LogP contribution in [-0.4, -0.2) is 28.2 Å². The smallest absolute Gasteiger partial charge is 0.321 e. The van der Waals surface area contributed by atoms with E-state index in [0.29, 0.717) is 17.5 Å². The van der Waals surface area contributed by atoms with E-state index in [1.54, 1.807) is 6.92 Å². The van der Waals surface area contributed by atoms with Gasteiger partial charge in [-0.05, 0) is 19.4 Å². The Balaban J connectivity index is 1.63. The van der Waals surface area contributed by atoms with Crippen molar-refractivity contribution in [3.05, 3.63) is 41.8 Å². The van der Waals surface area contributed by atoms with Gasteiger partial charge in [-0.3, -0.25) is 10.1 Å². The Labute approximate surface area is 143 Å². The minimum Gasteiger partial charge on any atom is -0.416 e. The van der Waals surface area contributed by atoms with Crippen molar-refractivity contribution in [2.75, 3.05) is 0 Å². The van der Waals surface area contributed by atoms with E-state index in [1.807, 2.05) is 30.3 Å². The van der Waals surface area contributed by atoms with Gasteiger partial charge in [0.05, 0.1) is 5.92 Å². The van der Waals surface area contributed by atoms with E-state index in [0.717, 1.165) is 0 Å². The van der Waals surface area contributed by atoms with Crippen molar-refractivity contribution >= 4 is 23.7 Å². The molecule has 1 saturated heterocycles. The highest BCUT2D eigenvalue weighted by Crippen LogP contribution is 2.33. The minimum atomic E-state index is -0.470. The number of imide groups is 1. The first kappa shape index (κ1) is 16.5. The maximum atomic E-state index is 11.9. The van der Waals surface area contributed by atoms with Crippen LogP contribution in [0.3, 0.4) is 0 Å². The molecule has 1 aromatic heterocycles. The molecule has 1 aliphatic rings. The van der Waals surface area contributed by atoms with Crippen LogP contribution >= 0.6 is 11.8 Å². The van der Waals surface area contributed by atoms with Crippen molar-refractivity contribution in [2.24, 2.45) is 5.92 Å². The molecule has 2 aromatic rings. The van der Waals surface area contributed by atoms with Crippen molar-refractivity contribution < 1.29 is 14.0 Å². The highest BCUT2D eigenvalue weighted by molar-refractivity contribution is 7.99. The van der Waals surface area contributed by atoms with Gasteiger partial charge < -0.3 is 9.73 Å². The number of rotatable bonds is 5. The largest absolute Gasteiger partial charge is 0.416 e. The molecule has 24 heavy (non-hydrogen) atoms. The first-order chi connectivity index (χ1) is 11.5. The summed E-state index contributed by atoms with van der Waals surface area (Å²) >= 11 is 1.47. The summed E-state index contributed by atoms with van der Waals surface area (Å²) in [4.78, 5) is 23.2. The number of nitrogens with zero attached hydrogens (tertiary/aromatic N) is 2. The van der Waals surface area contributed by atoms with Gasteiger partial charge in [-0.25, -0.2) is 4.79 Å². The summed E-state index contributed by atoms with van der Waals surface area (Å²) in [5, 5.41) is 13.6. The lowest BCUT2D eigenvalue weighted by Crippen LogP contribution is -2.57. The Kier molecular flexibility index (Phi) is 4.84. The topological polar surface area (TPSA) is 97.1 Å². The van der Waals surface area contributed by atoms with Crippen molar-refractivity contribution in [3.8, 4) is 0 Å². The van der Waals surface area contributed by atoms with Gasteiger partial charge >= 0.3 is 6.03 Å². The van der Waals surface area contributed by atoms with Gasteiger partial charge in [-0.2, -0.15) is 0 Å². The molecule has 3 amide bonds. The molecule has 2 N–H and O–H groups in total. The number of amides is 3. The fraction of sp³-hybridized carbons (Fsp3) is 0.375. The molecule has 7 nitrogen and oxygen atoms in total. The summed E-state index contributed by atoms with van der Waals surface area (Å²) < 4.78 is 5.65. The second kappa shape index (κ2) is 7.04. The summed E-state index contributed by atoms with van der Waals surface area (Å²) in [6.07, 6.45) is 0.292. The van der Waals surface area contributed by atoms with E-state index in [4.69, 9.17) is 4.42 Å². The van der Waals surface area contributed by atoms with E-state index >= 15 is 0 Å². The Bertz CT molecular complexity index is 734. The standard InChI is InChI=1S/C16H18N4O3S/c1-9-12(14(21)18-15(22)17-9)8-13-19-20-16(23-13)24-10(2)11-6-4-3-5-7-11/h3-7,9-10,12H,8H2,1-2H3,(H2,17,18,21,22). The van der Waals surface area contributed by atoms with Gasteiger partial charge in [0.15, 0.2) is 0 Å². The number of urea groups is 1. The lowest BCUT2D eigenvalue weighted by Gasteiger charge is -2.27. The summed E-state index contributed by atoms with van der Waals surface area (Å²) in [6.45, 7) is 3.85. The molecule has 3 atom stereocenters. The van der Waals surface area contributed by atoms with Gasteiger partial charge in [-0.1, -0.05) is 42.1 Å². The monoisotopic (exact) mass is 346 g/mol. The third kappa shape index (κ3) is 3.76. The number of carbonyl (C=O) groups excluding carboxylic acids is 2. The van der Waals surface area contributed by atoms with Gasteiger partial charge in [-0.15, -0.1) is 10.2 Å². The third-order valence-electron chi connectivity index (χ3n) is 3.93. The van der Waals surface area contributed by atoms with E-state index in [9.17, 15) is 9.59 Å². The van der Waals surface area contributed by atoms with E-state index < -0.39 is 11.9 Å². The molecule has 0 aliphatic carbocycles. The zero-order valence-corrected chi connectivity index (χ0v) is 14.2. The SMILES string of the molecule is CC(Sc1nnc(CC2C(=O)NC(=O)NC2C)o1)c1ccccc1. The molecule has 1 fully saturated rings. The van der Waals surface area contributed by atoms with Crippen molar-refractivity contribution in [1.82, 2.24) is 20.8 Å². The number of benzene rings is 1. The molecular formula is C16H18N4O3S. The molecule has 0 radical (unpaired) electrons. The Morgan fingerprint density at radius 2 is 2.00 bits per heavy atom. The molecule has 0 saturated carbocycles. The molecule has 0 spiro atoms. The molecular weight excluding hydrogens is 328 g/mol. The van der Waals surface area contributed by atoms with Gasteiger partial charge in [0.1, 0.15) is 0 Å². The van der Waals surface area contributed by atoms with Crippen molar-refractivity contribution in [1.29, 1.82) is 0 Å². The first-order valence-corrected chi connectivity index (χ1v) is 8.56. The highest BCUT2D eigenvalue weighted by atomic mass is 32.2. The van der Waals surface area contributed by atoms with Crippen LogP contribution in [0.5, 0.6) is 0 Å². The highest BCUT2D eigenvalue weighted by Gasteiger charge is 2.34. The zero-order valence-electron chi connectivity index (χ0n) is 13.4. The van der Waals surface area contributed by atoms with Crippen LogP contribution in [-0.2, 0) is 11.2 Å². The summed E-state index contributed by atoms with van der Waals surface area (Å²) in [5.74, 6) is -0.357. The van der Waals surface area contributed by atoms with Crippen LogP contribution in [0.1, 0.15) is 30.6 Å². The number of hydrogen-bond acceptors (Lipinski definition) is 6. The third-order valence-corrected chi connectivity index (χ3v) is 4.92. The van der Waals surface area contributed by atoms with Crippen LogP contribution < -0.4 is 10.6 Å². The number of hydrogen-bond donors (Lipinski definition) is 2. The van der Waals surface area contributed by atoms with Crippen molar-refractivity contribution in [3.63, 3.8) is 0 Å². The van der Waals surface area contributed by atoms with Crippen LogP contribution in [0.25, 0.3) is 0 Å². The van der Waals surface area contributed by atoms with Crippen LogP contribution in [0.4, 0.5) is 4.79 Å². The average Bonchev–Trinajstić information content (AvgIpc) is 2.99. The average molecular weight is 346 g/mol. The lowest BCUT2D eigenvalue weighted by atomic mass is 9.95. The predicted molar refractivity (Wildman–Crippen MR) is 88.3 cm³/mol. The summed E-state index contributed by atoms with van der Waals surface area (Å²) in [5.41, 5.74) is 1.17. The number of aromatic nitrogens is 2. The quantitative estimate of drug-likeness (QED) is 0.807. The zero-order chi connectivity index (χ0) is 17.1. The fourth-order valence-electron chi connectivity index (χ4n) is 2.54. The minimum absolute atomic E-state index is 0.177. The number of nitrogens with one attached hydrogen (secondary N) is 2. The lowest BCUT2D eigenvalue weighted by molar-refractivity contribution is -0.125. The Hall–Kier alpha value is -2.35. The molecule has 8 heteroatoms.